The molecule has 1 amide bonds. The first kappa shape index (κ1) is 12.2. The molecule has 1 aromatic rings. The normalized spacial score (nSPS) is 29.6. The molecule has 1 aliphatic heterocycles. The number of carboxylic acids is 1. The van der Waals surface area contributed by atoms with E-state index in [1.807, 2.05) is 36.2 Å². The zero-order valence-electron chi connectivity index (χ0n) is 10.9. The molecule has 0 bridgehead atoms. The average molecular weight is 259 g/mol. The Morgan fingerprint density at radius 1 is 1.32 bits per heavy atom. The van der Waals surface area contributed by atoms with Crippen molar-refractivity contribution in [3.8, 4) is 0 Å². The van der Waals surface area contributed by atoms with E-state index < -0.39 is 5.97 Å². The van der Waals surface area contributed by atoms with Gasteiger partial charge in [-0.1, -0.05) is 18.2 Å². The third-order valence-corrected chi connectivity index (χ3v) is 4.77. The van der Waals surface area contributed by atoms with Crippen molar-refractivity contribution in [3.63, 3.8) is 0 Å². The molecule has 1 saturated carbocycles. The first-order chi connectivity index (χ1) is 9.06. The van der Waals surface area contributed by atoms with E-state index in [0.29, 0.717) is 12.8 Å². The minimum atomic E-state index is -0.713. The summed E-state index contributed by atoms with van der Waals surface area (Å²) >= 11 is 0. The molecule has 4 heteroatoms. The van der Waals surface area contributed by atoms with Crippen LogP contribution in [0.1, 0.15) is 41.6 Å². The first-order valence-electron chi connectivity index (χ1n) is 6.67. The maximum atomic E-state index is 12.3. The summed E-state index contributed by atoms with van der Waals surface area (Å²) in [5.74, 6) is -0.915. The van der Waals surface area contributed by atoms with Gasteiger partial charge in [-0.3, -0.25) is 9.59 Å². The summed E-state index contributed by atoms with van der Waals surface area (Å²) in [6.07, 6.45) is 2.76. The summed E-state index contributed by atoms with van der Waals surface area (Å²) in [5, 5.41) is 9.10. The molecule has 0 unspecified atom stereocenters. The van der Waals surface area contributed by atoms with E-state index in [9.17, 15) is 9.59 Å². The van der Waals surface area contributed by atoms with Gasteiger partial charge in [0.2, 0.25) is 0 Å². The molecule has 1 N–H and O–H groups in total. The predicted octanol–water partition coefficient (Wildman–Crippen LogP) is 2.24. The number of amides is 1. The lowest BCUT2D eigenvalue weighted by atomic mass is 9.73. The first-order valence-corrected chi connectivity index (χ1v) is 6.67. The van der Waals surface area contributed by atoms with Gasteiger partial charge in [0.1, 0.15) is 0 Å². The second kappa shape index (κ2) is 4.08. The quantitative estimate of drug-likeness (QED) is 0.841. The van der Waals surface area contributed by atoms with Gasteiger partial charge in [-0.15, -0.1) is 0 Å². The Balaban J connectivity index is 1.98. The van der Waals surface area contributed by atoms with E-state index in [1.54, 1.807) is 0 Å². The van der Waals surface area contributed by atoms with Gasteiger partial charge in [0.05, 0.1) is 11.5 Å². The lowest BCUT2D eigenvalue weighted by Gasteiger charge is -2.41. The Morgan fingerprint density at radius 2 is 1.95 bits per heavy atom. The van der Waals surface area contributed by atoms with E-state index in [-0.39, 0.29) is 17.4 Å². The summed E-state index contributed by atoms with van der Waals surface area (Å²) in [4.78, 5) is 25.2. The number of hydrogen-bond donors (Lipinski definition) is 1. The molecule has 1 heterocycles. The molecule has 100 valence electrons. The zero-order chi connectivity index (χ0) is 13.6. The van der Waals surface area contributed by atoms with Crippen LogP contribution in [0.25, 0.3) is 0 Å². The molecule has 0 aromatic heterocycles. The van der Waals surface area contributed by atoms with Crippen molar-refractivity contribution in [2.75, 3.05) is 7.05 Å². The summed E-state index contributed by atoms with van der Waals surface area (Å²) in [7, 11) is 1.84. The lowest BCUT2D eigenvalue weighted by molar-refractivity contribution is -0.143. The van der Waals surface area contributed by atoms with Gasteiger partial charge < -0.3 is 10.0 Å². The van der Waals surface area contributed by atoms with E-state index in [4.69, 9.17) is 5.11 Å². The van der Waals surface area contributed by atoms with Crippen LogP contribution in [0.2, 0.25) is 0 Å². The number of fused-ring (bicyclic) bond motifs is 2. The van der Waals surface area contributed by atoms with Crippen molar-refractivity contribution in [2.24, 2.45) is 5.92 Å². The van der Waals surface area contributed by atoms with Gasteiger partial charge >= 0.3 is 5.97 Å². The van der Waals surface area contributed by atoms with Gasteiger partial charge in [0, 0.05) is 12.6 Å². The number of benzene rings is 1. The van der Waals surface area contributed by atoms with Crippen molar-refractivity contribution in [1.82, 2.24) is 4.90 Å². The van der Waals surface area contributed by atoms with E-state index in [1.165, 1.54) is 0 Å². The van der Waals surface area contributed by atoms with Gasteiger partial charge in [-0.05, 0) is 37.3 Å². The molecule has 0 radical (unpaired) electrons. The highest BCUT2D eigenvalue weighted by Gasteiger charge is 2.49. The monoisotopic (exact) mass is 259 g/mol. The molecule has 0 saturated heterocycles. The summed E-state index contributed by atoms with van der Waals surface area (Å²) in [6, 6.07) is 7.72. The van der Waals surface area contributed by atoms with Gasteiger partial charge in [0.15, 0.2) is 0 Å². The average Bonchev–Trinajstić information content (AvgIpc) is 2.63. The smallest absolute Gasteiger partial charge is 0.306 e. The van der Waals surface area contributed by atoms with Crippen molar-refractivity contribution in [1.29, 1.82) is 0 Å². The van der Waals surface area contributed by atoms with E-state index in [2.05, 4.69) is 0 Å². The molecule has 1 aromatic carbocycles. The number of carbonyl (C=O) groups excluding carboxylic acids is 1. The van der Waals surface area contributed by atoms with Crippen molar-refractivity contribution in [2.45, 2.75) is 31.2 Å². The van der Waals surface area contributed by atoms with E-state index >= 15 is 0 Å². The summed E-state index contributed by atoms with van der Waals surface area (Å²) < 4.78 is 0. The Bertz CT molecular complexity index is 544. The molecule has 3 rings (SSSR count). The standard InChI is InChI=1S/C15H17NO3/c1-16-13(17)11-4-2-3-5-12(11)15(16)8-6-10(7-9-15)14(18)19/h2-5,10H,6-9H2,1H3,(H,18,19)/t10-,15+. The molecular weight excluding hydrogens is 242 g/mol. The van der Waals surface area contributed by atoms with Gasteiger partial charge in [-0.2, -0.15) is 0 Å². The Morgan fingerprint density at radius 3 is 2.58 bits per heavy atom. The number of hydrogen-bond acceptors (Lipinski definition) is 2. The topological polar surface area (TPSA) is 57.6 Å². The van der Waals surface area contributed by atoms with Crippen LogP contribution in [0.3, 0.4) is 0 Å². The zero-order valence-corrected chi connectivity index (χ0v) is 10.9. The van der Waals surface area contributed by atoms with Crippen LogP contribution in [0.15, 0.2) is 24.3 Å². The molecule has 0 atom stereocenters. The Labute approximate surface area is 112 Å². The SMILES string of the molecule is CN1C(=O)c2ccccc2[C@]12CC[C@H](C(=O)O)CC2. The second-order valence-corrected chi connectivity index (χ2v) is 5.55. The third kappa shape index (κ3) is 1.59. The number of carboxylic acid groups (broad SMARTS) is 1. The number of carbonyl (C=O) groups is 2. The highest BCUT2D eigenvalue weighted by Crippen LogP contribution is 2.48. The molecule has 19 heavy (non-hydrogen) atoms. The molecular formula is C15H17NO3. The van der Waals surface area contributed by atoms with Crippen LogP contribution in [0, 0.1) is 5.92 Å². The van der Waals surface area contributed by atoms with E-state index in [0.717, 1.165) is 24.0 Å². The van der Waals surface area contributed by atoms with Crippen molar-refractivity contribution >= 4 is 11.9 Å². The lowest BCUT2D eigenvalue weighted by Crippen LogP contribution is -2.44. The maximum Gasteiger partial charge on any atom is 0.306 e. The molecule has 1 fully saturated rings. The fourth-order valence-electron chi connectivity index (χ4n) is 3.58. The second-order valence-electron chi connectivity index (χ2n) is 5.55. The van der Waals surface area contributed by atoms with Crippen LogP contribution in [0.4, 0.5) is 0 Å². The number of aliphatic carboxylic acids is 1. The Hall–Kier alpha value is -1.84. The largest absolute Gasteiger partial charge is 0.481 e. The Kier molecular flexibility index (Phi) is 2.62. The van der Waals surface area contributed by atoms with Crippen molar-refractivity contribution in [3.05, 3.63) is 35.4 Å². The predicted molar refractivity (Wildman–Crippen MR) is 69.8 cm³/mol. The van der Waals surface area contributed by atoms with Crippen LogP contribution in [-0.4, -0.2) is 28.9 Å². The van der Waals surface area contributed by atoms with Gasteiger partial charge in [-0.25, -0.2) is 0 Å². The number of rotatable bonds is 1. The minimum Gasteiger partial charge on any atom is -0.481 e. The summed E-state index contributed by atoms with van der Waals surface area (Å²) in [6.45, 7) is 0. The molecule has 2 aliphatic rings. The van der Waals surface area contributed by atoms with Crippen LogP contribution in [0.5, 0.6) is 0 Å². The minimum absolute atomic E-state index is 0.0596. The molecule has 1 aliphatic carbocycles. The van der Waals surface area contributed by atoms with Crippen LogP contribution >= 0.6 is 0 Å². The van der Waals surface area contributed by atoms with Crippen LogP contribution < -0.4 is 0 Å². The highest BCUT2D eigenvalue weighted by atomic mass is 16.4. The fraction of sp³-hybridized carbons (Fsp3) is 0.467. The number of nitrogens with zero attached hydrogens (tertiary/aromatic N) is 1. The highest BCUT2D eigenvalue weighted by molar-refractivity contribution is 5.99. The summed E-state index contributed by atoms with van der Waals surface area (Å²) in [5.41, 5.74) is 1.57. The maximum absolute atomic E-state index is 12.3. The third-order valence-electron chi connectivity index (χ3n) is 4.77. The van der Waals surface area contributed by atoms with Crippen LogP contribution in [-0.2, 0) is 10.3 Å². The molecule has 4 nitrogen and oxygen atoms in total. The van der Waals surface area contributed by atoms with Gasteiger partial charge in [0.25, 0.3) is 5.91 Å². The fourth-order valence-corrected chi connectivity index (χ4v) is 3.58. The van der Waals surface area contributed by atoms with Crippen molar-refractivity contribution < 1.29 is 14.7 Å². The molecule has 1 spiro atoms.